The number of hydrogen-bond acceptors (Lipinski definition) is 1. The van der Waals surface area contributed by atoms with E-state index in [0.717, 1.165) is 15.6 Å². The Bertz CT molecular complexity index is 660. The van der Waals surface area contributed by atoms with Gasteiger partial charge in [0.05, 0.1) is 0 Å². The summed E-state index contributed by atoms with van der Waals surface area (Å²) in [5, 5.41) is 0.0455. The topological polar surface area (TPSA) is 9.23 Å². The van der Waals surface area contributed by atoms with Crippen molar-refractivity contribution in [1.29, 1.82) is 0 Å². The average molecular weight is 381 g/mol. The van der Waals surface area contributed by atoms with E-state index in [2.05, 4.69) is 49.8 Å². The molecule has 0 saturated heterocycles. The molecule has 0 radical (unpaired) electrons. The van der Waals surface area contributed by atoms with Crippen LogP contribution >= 0.6 is 15.9 Å². The second-order valence-electron chi connectivity index (χ2n) is 7.01. The van der Waals surface area contributed by atoms with E-state index < -0.39 is 8.32 Å². The summed E-state index contributed by atoms with van der Waals surface area (Å²) in [7, 11) is -2.03. The lowest BCUT2D eigenvalue weighted by molar-refractivity contribution is 0.457. The summed E-state index contributed by atoms with van der Waals surface area (Å²) >= 11 is 3.41. The van der Waals surface area contributed by atoms with E-state index in [0.29, 0.717) is 5.75 Å². The first-order valence-electron chi connectivity index (χ1n) is 7.35. The predicted molar refractivity (Wildman–Crippen MR) is 97.4 cm³/mol. The fourth-order valence-electron chi connectivity index (χ4n) is 1.83. The Morgan fingerprint density at radius 2 is 1.50 bits per heavy atom. The molecule has 0 fully saturated rings. The van der Waals surface area contributed by atoms with Crippen LogP contribution in [-0.4, -0.2) is 8.32 Å². The van der Waals surface area contributed by atoms with Crippen LogP contribution < -0.4 is 4.43 Å². The van der Waals surface area contributed by atoms with Gasteiger partial charge >= 0.3 is 0 Å². The molecule has 0 atom stereocenters. The standard InChI is InChI=1S/C18H22BrFOSi/c1-18(2,3)22(4,5)21-17-11-8-14(12-16(17)20)13-6-9-15(19)10-7-13/h6-12H,1-5H3. The number of benzene rings is 2. The Morgan fingerprint density at radius 3 is 2.00 bits per heavy atom. The average Bonchev–Trinajstić information content (AvgIpc) is 2.40. The summed E-state index contributed by atoms with van der Waals surface area (Å²) in [5.41, 5.74) is 1.84. The van der Waals surface area contributed by atoms with Crippen molar-refractivity contribution in [1.82, 2.24) is 0 Å². The van der Waals surface area contributed by atoms with Crippen LogP contribution in [0.5, 0.6) is 5.75 Å². The second kappa shape index (κ2) is 6.17. The quantitative estimate of drug-likeness (QED) is 0.542. The molecule has 0 aliphatic rings. The Labute approximate surface area is 141 Å². The molecule has 0 unspecified atom stereocenters. The van der Waals surface area contributed by atoms with E-state index in [1.165, 1.54) is 0 Å². The van der Waals surface area contributed by atoms with Crippen LogP contribution in [-0.2, 0) is 0 Å². The van der Waals surface area contributed by atoms with Crippen molar-refractivity contribution < 1.29 is 8.82 Å². The lowest BCUT2D eigenvalue weighted by Gasteiger charge is -2.36. The van der Waals surface area contributed by atoms with Gasteiger partial charge in [-0.05, 0) is 53.5 Å². The predicted octanol–water partition coefficient (Wildman–Crippen LogP) is 6.64. The zero-order chi connectivity index (χ0) is 16.5. The van der Waals surface area contributed by atoms with Crippen molar-refractivity contribution in [3.8, 4) is 16.9 Å². The lowest BCUT2D eigenvalue weighted by atomic mass is 10.1. The first kappa shape index (κ1) is 17.2. The van der Waals surface area contributed by atoms with E-state index in [1.54, 1.807) is 12.1 Å². The Morgan fingerprint density at radius 1 is 0.955 bits per heavy atom. The van der Waals surface area contributed by atoms with Crippen molar-refractivity contribution >= 4 is 24.2 Å². The molecule has 22 heavy (non-hydrogen) atoms. The second-order valence-corrected chi connectivity index (χ2v) is 12.7. The molecule has 4 heteroatoms. The summed E-state index contributed by atoms with van der Waals surface area (Å²) in [5.74, 6) is 0.0534. The molecule has 0 heterocycles. The van der Waals surface area contributed by atoms with Crippen LogP contribution in [0.2, 0.25) is 18.1 Å². The van der Waals surface area contributed by atoms with E-state index >= 15 is 0 Å². The molecule has 118 valence electrons. The largest absolute Gasteiger partial charge is 0.542 e. The van der Waals surface area contributed by atoms with Crippen molar-refractivity contribution in [2.75, 3.05) is 0 Å². The normalized spacial score (nSPS) is 12.3. The third-order valence-electron chi connectivity index (χ3n) is 4.28. The van der Waals surface area contributed by atoms with Crippen LogP contribution in [0.1, 0.15) is 20.8 Å². The maximum Gasteiger partial charge on any atom is 0.250 e. The van der Waals surface area contributed by atoms with Gasteiger partial charge in [0, 0.05) is 4.47 Å². The molecule has 1 nitrogen and oxygen atoms in total. The molecule has 2 rings (SSSR count). The molecule has 2 aromatic carbocycles. The highest BCUT2D eigenvalue weighted by molar-refractivity contribution is 9.10. The minimum absolute atomic E-state index is 0.0455. The number of hydrogen-bond donors (Lipinski definition) is 0. The SMILES string of the molecule is CC(C)(C)[Si](C)(C)Oc1ccc(-c2ccc(Br)cc2)cc1F. The Kier molecular flexibility index (Phi) is 4.83. The smallest absolute Gasteiger partial charge is 0.250 e. The van der Waals surface area contributed by atoms with Crippen molar-refractivity contribution in [2.24, 2.45) is 0 Å². The first-order valence-corrected chi connectivity index (χ1v) is 11.0. The third-order valence-corrected chi connectivity index (χ3v) is 9.15. The van der Waals surface area contributed by atoms with Gasteiger partial charge in [-0.25, -0.2) is 4.39 Å². The molecule has 0 aliphatic carbocycles. The summed E-state index contributed by atoms with van der Waals surface area (Å²) in [6.45, 7) is 10.7. The van der Waals surface area contributed by atoms with Gasteiger partial charge in [-0.1, -0.05) is 54.9 Å². The van der Waals surface area contributed by atoms with Crippen LogP contribution in [0.15, 0.2) is 46.9 Å². The fourth-order valence-corrected chi connectivity index (χ4v) is 3.12. The maximum absolute atomic E-state index is 14.4. The zero-order valence-electron chi connectivity index (χ0n) is 13.7. The van der Waals surface area contributed by atoms with E-state index in [4.69, 9.17) is 4.43 Å². The van der Waals surface area contributed by atoms with Gasteiger partial charge in [-0.3, -0.25) is 0 Å². The molecule has 0 saturated carbocycles. The lowest BCUT2D eigenvalue weighted by Crippen LogP contribution is -2.44. The maximum atomic E-state index is 14.4. The van der Waals surface area contributed by atoms with Gasteiger partial charge in [0.15, 0.2) is 5.82 Å². The minimum Gasteiger partial charge on any atom is -0.542 e. The Hall–Kier alpha value is -1.13. The van der Waals surface area contributed by atoms with E-state index in [-0.39, 0.29) is 10.9 Å². The van der Waals surface area contributed by atoms with Gasteiger partial charge in [0.25, 0.3) is 8.32 Å². The van der Waals surface area contributed by atoms with Gasteiger partial charge in [0.2, 0.25) is 0 Å². The number of halogens is 2. The molecule has 0 aromatic heterocycles. The Balaban J connectivity index is 2.29. The molecule has 0 spiro atoms. The molecule has 2 aromatic rings. The minimum atomic E-state index is -2.03. The molecular weight excluding hydrogens is 359 g/mol. The molecule has 0 bridgehead atoms. The monoisotopic (exact) mass is 380 g/mol. The fraction of sp³-hybridized carbons (Fsp3) is 0.333. The highest BCUT2D eigenvalue weighted by Crippen LogP contribution is 2.38. The van der Waals surface area contributed by atoms with Crippen LogP contribution in [0.4, 0.5) is 4.39 Å². The van der Waals surface area contributed by atoms with Crippen molar-refractivity contribution in [2.45, 2.75) is 38.9 Å². The number of rotatable bonds is 3. The van der Waals surface area contributed by atoms with Crippen molar-refractivity contribution in [3.63, 3.8) is 0 Å². The van der Waals surface area contributed by atoms with Gasteiger partial charge in [-0.15, -0.1) is 0 Å². The van der Waals surface area contributed by atoms with E-state index in [9.17, 15) is 4.39 Å². The van der Waals surface area contributed by atoms with Gasteiger partial charge < -0.3 is 4.43 Å². The van der Waals surface area contributed by atoms with Gasteiger partial charge in [-0.2, -0.15) is 0 Å². The zero-order valence-corrected chi connectivity index (χ0v) is 16.3. The van der Waals surface area contributed by atoms with Gasteiger partial charge in [0.1, 0.15) is 5.75 Å². The molecular formula is C18H22BrFOSi. The first-order chi connectivity index (χ1) is 10.1. The summed E-state index contributed by atoms with van der Waals surface area (Å²) in [4.78, 5) is 0. The molecule has 0 aliphatic heterocycles. The van der Waals surface area contributed by atoms with Crippen LogP contribution in [0.25, 0.3) is 11.1 Å². The van der Waals surface area contributed by atoms with Crippen LogP contribution in [0.3, 0.4) is 0 Å². The third kappa shape index (κ3) is 3.79. The summed E-state index contributed by atoms with van der Waals surface area (Å²) in [6.07, 6.45) is 0. The van der Waals surface area contributed by atoms with E-state index in [1.807, 2.05) is 30.3 Å². The highest BCUT2D eigenvalue weighted by atomic mass is 79.9. The summed E-state index contributed by atoms with van der Waals surface area (Å²) < 4.78 is 21.5. The van der Waals surface area contributed by atoms with Crippen LogP contribution in [0, 0.1) is 5.82 Å². The highest BCUT2D eigenvalue weighted by Gasteiger charge is 2.39. The van der Waals surface area contributed by atoms with Crippen molar-refractivity contribution in [3.05, 3.63) is 52.8 Å². The molecule has 0 N–H and O–H groups in total. The molecule has 0 amide bonds. The summed E-state index contributed by atoms with van der Waals surface area (Å²) in [6, 6.07) is 13.0.